The minimum absolute atomic E-state index is 0.0881. The number of aromatic amines is 1. The highest BCUT2D eigenvalue weighted by Crippen LogP contribution is 2.26. The van der Waals surface area contributed by atoms with Crippen LogP contribution in [-0.2, 0) is 23.2 Å². The van der Waals surface area contributed by atoms with Crippen LogP contribution in [0.2, 0.25) is 0 Å². The highest BCUT2D eigenvalue weighted by atomic mass is 16.6. The van der Waals surface area contributed by atoms with Gasteiger partial charge in [-0.1, -0.05) is 81.4 Å². The third-order valence-corrected chi connectivity index (χ3v) is 6.00. The van der Waals surface area contributed by atoms with Crippen molar-refractivity contribution in [2.24, 2.45) is 0 Å². The van der Waals surface area contributed by atoms with Gasteiger partial charge in [0, 0.05) is 23.9 Å². The molecule has 7 nitrogen and oxygen atoms in total. The number of carbonyl (C=O) groups excluding carboxylic acids is 1. The molecule has 1 N–H and O–H groups in total. The van der Waals surface area contributed by atoms with Crippen molar-refractivity contribution in [2.45, 2.75) is 65.6 Å². The van der Waals surface area contributed by atoms with Gasteiger partial charge in [-0.05, 0) is 48.9 Å². The van der Waals surface area contributed by atoms with E-state index in [2.05, 4.69) is 60.0 Å². The topological polar surface area (TPSA) is 94.2 Å². The molecule has 0 aliphatic carbocycles. The molecule has 0 bridgehead atoms. The normalized spacial score (nSPS) is 11.7. The van der Waals surface area contributed by atoms with Gasteiger partial charge in [0.15, 0.2) is 5.69 Å². The van der Waals surface area contributed by atoms with Crippen LogP contribution in [0.15, 0.2) is 77.7 Å². The van der Waals surface area contributed by atoms with Crippen molar-refractivity contribution in [2.75, 3.05) is 0 Å². The number of pyridine rings is 1. The number of nitrogens with zero attached hydrogens (tertiary/aromatic N) is 2. The van der Waals surface area contributed by atoms with Gasteiger partial charge in [-0.15, -0.1) is 0 Å². The Morgan fingerprint density at radius 2 is 1.54 bits per heavy atom. The maximum atomic E-state index is 13.0. The summed E-state index contributed by atoms with van der Waals surface area (Å²) in [6, 6.07) is 21.7. The first-order valence-electron chi connectivity index (χ1n) is 13.0. The molecular weight excluding hydrogens is 490 g/mol. The summed E-state index contributed by atoms with van der Waals surface area (Å²) in [6.07, 6.45) is 2.03. The van der Waals surface area contributed by atoms with Gasteiger partial charge >= 0.3 is 5.97 Å². The Labute approximate surface area is 229 Å². The molecule has 0 unspecified atom stereocenters. The molecule has 0 amide bonds. The summed E-state index contributed by atoms with van der Waals surface area (Å²) in [6.45, 7) is 11.9. The Hall–Kier alpha value is -4.26. The highest BCUT2D eigenvalue weighted by molar-refractivity contribution is 5.90. The lowest BCUT2D eigenvalue weighted by Gasteiger charge is -2.20. The van der Waals surface area contributed by atoms with Gasteiger partial charge in [0.1, 0.15) is 18.0 Å². The lowest BCUT2D eigenvalue weighted by molar-refractivity contribution is 0.00572. The average Bonchev–Trinajstić information content (AvgIpc) is 2.87. The summed E-state index contributed by atoms with van der Waals surface area (Å²) in [4.78, 5) is 37.8. The molecule has 0 saturated heterocycles. The summed E-state index contributed by atoms with van der Waals surface area (Å²) >= 11 is 0. The predicted molar refractivity (Wildman–Crippen MR) is 152 cm³/mol. The third-order valence-electron chi connectivity index (χ3n) is 6.00. The number of aromatic nitrogens is 3. The molecule has 2 aromatic heterocycles. The number of nitrogens with one attached hydrogen (secondary N) is 1. The lowest BCUT2D eigenvalue weighted by atomic mass is 9.86. The molecule has 2 aromatic carbocycles. The number of benzene rings is 2. The number of rotatable bonds is 7. The summed E-state index contributed by atoms with van der Waals surface area (Å²) in [5.41, 5.74) is 3.49. The predicted octanol–water partition coefficient (Wildman–Crippen LogP) is 6.25. The van der Waals surface area contributed by atoms with E-state index in [1.165, 1.54) is 5.56 Å². The van der Waals surface area contributed by atoms with E-state index in [-0.39, 0.29) is 29.9 Å². The van der Waals surface area contributed by atoms with Crippen molar-refractivity contribution in [3.05, 3.63) is 112 Å². The minimum Gasteiger partial charge on any atom is -0.481 e. The smallest absolute Gasteiger partial charge is 0.361 e. The molecule has 0 aliphatic heterocycles. The number of hydrogen-bond donors (Lipinski definition) is 1. The highest BCUT2D eigenvalue weighted by Gasteiger charge is 2.26. The molecular formula is C32H35N3O4. The van der Waals surface area contributed by atoms with E-state index in [0.29, 0.717) is 11.5 Å². The zero-order chi connectivity index (χ0) is 28.2. The lowest BCUT2D eigenvalue weighted by Crippen LogP contribution is -2.28. The van der Waals surface area contributed by atoms with Crippen molar-refractivity contribution in [3.8, 4) is 16.9 Å². The summed E-state index contributed by atoms with van der Waals surface area (Å²) in [5, 5.41) is 0. The SMILES string of the molecule is CC(C)(C)OC(=O)c1nc(Cc2ccc(-c3ccc(C(C)(C)C)cc3)cn2)[nH]c(=O)c1OCc1ccccc1. The standard InChI is InChI=1S/C32H35N3O4/c1-31(2,3)24-15-12-22(13-16-24)23-14-17-25(33-19-23)18-26-34-27(30(37)39-32(4,5)6)28(29(36)35-26)38-20-21-10-8-7-9-11-21/h7-17,19H,18,20H2,1-6H3,(H,34,35,36). The van der Waals surface area contributed by atoms with Gasteiger partial charge in [0.05, 0.1) is 0 Å². The molecule has 202 valence electrons. The molecule has 39 heavy (non-hydrogen) atoms. The fourth-order valence-electron chi connectivity index (χ4n) is 3.96. The van der Waals surface area contributed by atoms with E-state index in [9.17, 15) is 9.59 Å². The second-order valence-corrected chi connectivity index (χ2v) is 11.5. The number of carbonyl (C=O) groups is 1. The monoisotopic (exact) mass is 525 g/mol. The fourth-order valence-corrected chi connectivity index (χ4v) is 3.96. The number of esters is 1. The van der Waals surface area contributed by atoms with E-state index in [1.54, 1.807) is 27.0 Å². The van der Waals surface area contributed by atoms with Crippen molar-refractivity contribution >= 4 is 5.97 Å². The second-order valence-electron chi connectivity index (χ2n) is 11.5. The van der Waals surface area contributed by atoms with E-state index in [4.69, 9.17) is 9.47 Å². The van der Waals surface area contributed by atoms with Crippen LogP contribution in [0.1, 0.15) is 74.7 Å². The van der Waals surface area contributed by atoms with Gasteiger partial charge in [-0.2, -0.15) is 0 Å². The summed E-state index contributed by atoms with van der Waals surface area (Å²) in [7, 11) is 0. The van der Waals surface area contributed by atoms with Crippen molar-refractivity contribution < 1.29 is 14.3 Å². The molecule has 7 heteroatoms. The molecule has 0 atom stereocenters. The first kappa shape index (κ1) is 27.8. The fraction of sp³-hybridized carbons (Fsp3) is 0.312. The minimum atomic E-state index is -0.763. The Morgan fingerprint density at radius 1 is 0.872 bits per heavy atom. The summed E-state index contributed by atoms with van der Waals surface area (Å²) in [5.74, 6) is -0.596. The molecule has 4 aromatic rings. The molecule has 0 spiro atoms. The maximum absolute atomic E-state index is 13.0. The van der Waals surface area contributed by atoms with Gasteiger partial charge in [-0.25, -0.2) is 9.78 Å². The van der Waals surface area contributed by atoms with E-state index < -0.39 is 17.1 Å². The van der Waals surface area contributed by atoms with Crippen LogP contribution in [0.5, 0.6) is 5.75 Å². The molecule has 2 heterocycles. The third kappa shape index (κ3) is 7.41. The maximum Gasteiger partial charge on any atom is 0.361 e. The number of ether oxygens (including phenoxy) is 2. The molecule has 4 rings (SSSR count). The van der Waals surface area contributed by atoms with E-state index >= 15 is 0 Å². The molecule has 0 radical (unpaired) electrons. The van der Waals surface area contributed by atoms with Gasteiger partial charge in [0.2, 0.25) is 5.75 Å². The molecule has 0 aliphatic rings. The number of hydrogen-bond acceptors (Lipinski definition) is 6. The first-order valence-corrected chi connectivity index (χ1v) is 13.0. The Balaban J connectivity index is 1.58. The molecule has 0 saturated carbocycles. The van der Waals surface area contributed by atoms with Crippen LogP contribution in [0.25, 0.3) is 11.1 Å². The zero-order valence-electron chi connectivity index (χ0n) is 23.4. The van der Waals surface area contributed by atoms with Crippen LogP contribution in [0, 0.1) is 0 Å². The largest absolute Gasteiger partial charge is 0.481 e. The van der Waals surface area contributed by atoms with E-state index in [0.717, 1.165) is 16.7 Å². The Kier molecular flexibility index (Phi) is 8.00. The van der Waals surface area contributed by atoms with Crippen LogP contribution < -0.4 is 10.3 Å². The average molecular weight is 526 g/mol. The van der Waals surface area contributed by atoms with Crippen LogP contribution in [0.4, 0.5) is 0 Å². The van der Waals surface area contributed by atoms with Crippen molar-refractivity contribution in [1.29, 1.82) is 0 Å². The molecule has 0 fully saturated rings. The van der Waals surface area contributed by atoms with Gasteiger partial charge < -0.3 is 14.5 Å². The van der Waals surface area contributed by atoms with Crippen molar-refractivity contribution in [1.82, 2.24) is 15.0 Å². The van der Waals surface area contributed by atoms with Crippen LogP contribution in [-0.4, -0.2) is 26.5 Å². The Morgan fingerprint density at radius 3 is 2.13 bits per heavy atom. The quantitative estimate of drug-likeness (QED) is 0.287. The number of H-pyrrole nitrogens is 1. The van der Waals surface area contributed by atoms with Gasteiger partial charge in [-0.3, -0.25) is 9.78 Å². The van der Waals surface area contributed by atoms with Crippen molar-refractivity contribution in [3.63, 3.8) is 0 Å². The Bertz CT molecular complexity index is 1480. The second kappa shape index (κ2) is 11.2. The van der Waals surface area contributed by atoms with E-state index in [1.807, 2.05) is 42.5 Å². The van der Waals surface area contributed by atoms with Gasteiger partial charge in [0.25, 0.3) is 5.56 Å². The van der Waals surface area contributed by atoms with Crippen LogP contribution >= 0.6 is 0 Å². The first-order chi connectivity index (χ1) is 18.4. The summed E-state index contributed by atoms with van der Waals surface area (Å²) < 4.78 is 11.3. The zero-order valence-corrected chi connectivity index (χ0v) is 23.4. The van der Waals surface area contributed by atoms with Crippen LogP contribution in [0.3, 0.4) is 0 Å².